The molecule has 7 heteroatoms. The normalized spacial score (nSPS) is 12.2. The van der Waals surface area contributed by atoms with E-state index in [1.165, 1.54) is 22.2 Å². The number of rotatable bonds is 5. The van der Waals surface area contributed by atoms with E-state index in [1.807, 2.05) is 36.6 Å². The lowest BCUT2D eigenvalue weighted by molar-refractivity contribution is -0.121. The van der Waals surface area contributed by atoms with E-state index < -0.39 is 0 Å². The molecule has 0 aliphatic rings. The summed E-state index contributed by atoms with van der Waals surface area (Å²) in [4.78, 5) is 29.4. The molecular formula is C17H16BrN3O2S. The molecule has 0 saturated carbocycles. The van der Waals surface area contributed by atoms with Gasteiger partial charge in [0.25, 0.3) is 5.56 Å². The van der Waals surface area contributed by atoms with Gasteiger partial charge in [0.1, 0.15) is 4.83 Å². The highest BCUT2D eigenvalue weighted by molar-refractivity contribution is 9.10. The van der Waals surface area contributed by atoms with Gasteiger partial charge in [0, 0.05) is 17.4 Å². The van der Waals surface area contributed by atoms with E-state index in [4.69, 9.17) is 0 Å². The largest absolute Gasteiger partial charge is 0.349 e. The topological polar surface area (TPSA) is 64.0 Å². The number of fused-ring (bicyclic) bond motifs is 1. The first-order valence-corrected chi connectivity index (χ1v) is 9.20. The van der Waals surface area contributed by atoms with Crippen LogP contribution in [-0.4, -0.2) is 15.5 Å². The van der Waals surface area contributed by atoms with Crippen LogP contribution >= 0.6 is 27.3 Å². The SMILES string of the molecule is C[C@H](NC(=O)CCn1cnc2sccc2c1=O)c1ccccc1Br. The number of benzene rings is 1. The Balaban J connectivity index is 1.64. The Kier molecular flexibility index (Phi) is 5.11. The molecule has 0 aliphatic carbocycles. The van der Waals surface area contributed by atoms with Gasteiger partial charge < -0.3 is 5.32 Å². The lowest BCUT2D eigenvalue weighted by Gasteiger charge is -2.16. The smallest absolute Gasteiger partial charge is 0.262 e. The van der Waals surface area contributed by atoms with E-state index in [0.29, 0.717) is 11.9 Å². The molecule has 124 valence electrons. The second-order valence-electron chi connectivity index (χ2n) is 5.44. The summed E-state index contributed by atoms with van der Waals surface area (Å²) in [6.07, 6.45) is 1.73. The van der Waals surface area contributed by atoms with Crippen molar-refractivity contribution in [1.29, 1.82) is 0 Å². The number of thiophene rings is 1. The zero-order chi connectivity index (χ0) is 17.1. The molecule has 3 rings (SSSR count). The quantitative estimate of drug-likeness (QED) is 0.706. The van der Waals surface area contributed by atoms with E-state index in [2.05, 4.69) is 26.2 Å². The van der Waals surface area contributed by atoms with Crippen molar-refractivity contribution in [1.82, 2.24) is 14.9 Å². The van der Waals surface area contributed by atoms with Crippen molar-refractivity contribution in [3.8, 4) is 0 Å². The van der Waals surface area contributed by atoms with Crippen LogP contribution in [0.4, 0.5) is 0 Å². The van der Waals surface area contributed by atoms with Crippen molar-refractivity contribution in [2.45, 2.75) is 25.9 Å². The maximum absolute atomic E-state index is 12.3. The molecule has 1 N–H and O–H groups in total. The fourth-order valence-corrected chi connectivity index (χ4v) is 3.84. The minimum absolute atomic E-state index is 0.101. The van der Waals surface area contributed by atoms with Crippen LogP contribution in [0.2, 0.25) is 0 Å². The molecule has 1 atom stereocenters. The highest BCUT2D eigenvalue weighted by Gasteiger charge is 2.12. The number of carbonyl (C=O) groups is 1. The van der Waals surface area contributed by atoms with Gasteiger partial charge >= 0.3 is 0 Å². The number of aromatic nitrogens is 2. The number of halogens is 1. The minimum atomic E-state index is -0.109. The average Bonchev–Trinajstić information content (AvgIpc) is 3.04. The van der Waals surface area contributed by atoms with E-state index in [0.717, 1.165) is 14.9 Å². The van der Waals surface area contributed by atoms with Gasteiger partial charge in [-0.1, -0.05) is 34.1 Å². The Hall–Kier alpha value is -1.99. The molecule has 1 aromatic carbocycles. The summed E-state index contributed by atoms with van der Waals surface area (Å²) in [5.74, 6) is -0.101. The van der Waals surface area contributed by atoms with Gasteiger partial charge in [-0.2, -0.15) is 0 Å². The van der Waals surface area contributed by atoms with Gasteiger partial charge in [0.15, 0.2) is 0 Å². The molecule has 24 heavy (non-hydrogen) atoms. The molecule has 5 nitrogen and oxygen atoms in total. The third-order valence-corrected chi connectivity index (χ3v) is 5.32. The molecule has 0 radical (unpaired) electrons. The van der Waals surface area contributed by atoms with Gasteiger partial charge in [-0.3, -0.25) is 14.2 Å². The zero-order valence-electron chi connectivity index (χ0n) is 13.0. The predicted octanol–water partition coefficient (Wildman–Crippen LogP) is 3.49. The van der Waals surface area contributed by atoms with E-state index in [9.17, 15) is 9.59 Å². The summed E-state index contributed by atoms with van der Waals surface area (Å²) < 4.78 is 2.44. The van der Waals surface area contributed by atoms with Gasteiger partial charge in [-0.25, -0.2) is 4.98 Å². The van der Waals surface area contributed by atoms with Gasteiger partial charge in [-0.15, -0.1) is 11.3 Å². The lowest BCUT2D eigenvalue weighted by atomic mass is 10.1. The monoisotopic (exact) mass is 405 g/mol. The molecule has 0 fully saturated rings. The number of amides is 1. The molecule has 1 amide bonds. The summed E-state index contributed by atoms with van der Waals surface area (Å²) in [6, 6.07) is 9.43. The third-order valence-electron chi connectivity index (χ3n) is 3.78. The van der Waals surface area contributed by atoms with Gasteiger partial charge in [0.2, 0.25) is 5.91 Å². The summed E-state index contributed by atoms with van der Waals surface area (Å²) in [7, 11) is 0. The highest BCUT2D eigenvalue weighted by Crippen LogP contribution is 2.22. The van der Waals surface area contributed by atoms with Crippen molar-refractivity contribution in [3.63, 3.8) is 0 Å². The van der Waals surface area contributed by atoms with Crippen molar-refractivity contribution in [2.75, 3.05) is 0 Å². The Labute approximate surface area is 151 Å². The van der Waals surface area contributed by atoms with Gasteiger partial charge in [-0.05, 0) is 30.0 Å². The molecular weight excluding hydrogens is 390 g/mol. The second-order valence-corrected chi connectivity index (χ2v) is 7.19. The van der Waals surface area contributed by atoms with Crippen molar-refractivity contribution in [2.24, 2.45) is 0 Å². The Morgan fingerprint density at radius 2 is 2.17 bits per heavy atom. The number of nitrogens with zero attached hydrogens (tertiary/aromatic N) is 2. The van der Waals surface area contributed by atoms with Crippen molar-refractivity contribution < 1.29 is 4.79 Å². The van der Waals surface area contributed by atoms with Crippen LogP contribution in [0.5, 0.6) is 0 Å². The fraction of sp³-hybridized carbons (Fsp3) is 0.235. The van der Waals surface area contributed by atoms with E-state index in [1.54, 1.807) is 6.07 Å². The molecule has 2 heterocycles. The van der Waals surface area contributed by atoms with Crippen molar-refractivity contribution in [3.05, 3.63) is 62.4 Å². The molecule has 0 spiro atoms. The third kappa shape index (κ3) is 3.57. The first-order chi connectivity index (χ1) is 11.6. The summed E-state index contributed by atoms with van der Waals surface area (Å²) in [5, 5.41) is 5.40. The number of hydrogen-bond acceptors (Lipinski definition) is 4. The van der Waals surface area contributed by atoms with Crippen LogP contribution in [-0.2, 0) is 11.3 Å². The van der Waals surface area contributed by atoms with Crippen molar-refractivity contribution >= 4 is 43.4 Å². The molecule has 0 bridgehead atoms. The molecule has 0 unspecified atom stereocenters. The highest BCUT2D eigenvalue weighted by atomic mass is 79.9. The molecule has 2 aromatic heterocycles. The Bertz CT molecular complexity index is 935. The number of hydrogen-bond donors (Lipinski definition) is 1. The Morgan fingerprint density at radius 3 is 2.96 bits per heavy atom. The molecule has 0 aliphatic heterocycles. The lowest BCUT2D eigenvalue weighted by Crippen LogP contribution is -2.29. The standard InChI is InChI=1S/C17H16BrN3O2S/c1-11(12-4-2-3-5-14(12)18)20-15(22)6-8-21-10-19-16-13(17(21)23)7-9-24-16/h2-5,7,9-11H,6,8H2,1H3,(H,20,22)/t11-/m0/s1. The predicted molar refractivity (Wildman–Crippen MR) is 99.2 cm³/mol. The second kappa shape index (κ2) is 7.27. The summed E-state index contributed by atoms with van der Waals surface area (Å²) in [5.41, 5.74) is 0.914. The molecule has 3 aromatic rings. The number of carbonyl (C=O) groups excluding carboxylic acids is 1. The van der Waals surface area contributed by atoms with Crippen LogP contribution in [0.15, 0.2) is 51.3 Å². The Morgan fingerprint density at radius 1 is 1.38 bits per heavy atom. The van der Waals surface area contributed by atoms with Crippen LogP contribution in [0.3, 0.4) is 0 Å². The van der Waals surface area contributed by atoms with Crippen LogP contribution in [0.25, 0.3) is 10.2 Å². The fourth-order valence-electron chi connectivity index (χ4n) is 2.49. The summed E-state index contributed by atoms with van der Waals surface area (Å²) in [6.45, 7) is 2.25. The maximum atomic E-state index is 12.3. The maximum Gasteiger partial charge on any atom is 0.262 e. The average molecular weight is 406 g/mol. The zero-order valence-corrected chi connectivity index (χ0v) is 15.4. The van der Waals surface area contributed by atoms with E-state index in [-0.39, 0.29) is 23.9 Å². The first-order valence-electron chi connectivity index (χ1n) is 7.52. The number of aryl methyl sites for hydroxylation is 1. The van der Waals surface area contributed by atoms with Crippen LogP contribution in [0, 0.1) is 0 Å². The number of nitrogens with one attached hydrogen (secondary N) is 1. The van der Waals surface area contributed by atoms with Crippen LogP contribution < -0.4 is 10.9 Å². The molecule has 0 saturated heterocycles. The van der Waals surface area contributed by atoms with Gasteiger partial charge in [0.05, 0.1) is 17.8 Å². The summed E-state index contributed by atoms with van der Waals surface area (Å²) >= 11 is 4.92. The van der Waals surface area contributed by atoms with Crippen LogP contribution in [0.1, 0.15) is 24.9 Å². The van der Waals surface area contributed by atoms with E-state index >= 15 is 0 Å². The first kappa shape index (κ1) is 16.9. The minimum Gasteiger partial charge on any atom is -0.349 e.